The Morgan fingerprint density at radius 2 is 1.96 bits per heavy atom. The van der Waals surface area contributed by atoms with Crippen LogP contribution in [0.15, 0.2) is 18.5 Å². The summed E-state index contributed by atoms with van der Waals surface area (Å²) in [6.45, 7) is 6.22. The second-order valence-corrected chi connectivity index (χ2v) is 7.02. The van der Waals surface area contributed by atoms with Gasteiger partial charge in [-0.05, 0) is 45.2 Å². The largest absolute Gasteiger partial charge is 0.341 e. The first-order valence-electron chi connectivity index (χ1n) is 9.01. The predicted octanol–water partition coefficient (Wildman–Crippen LogP) is 2.46. The first-order valence-corrected chi connectivity index (χ1v) is 9.01. The molecule has 6 nitrogen and oxygen atoms in total. The van der Waals surface area contributed by atoms with Crippen LogP contribution in [0.4, 0.5) is 5.95 Å². The molecule has 0 spiro atoms. The van der Waals surface area contributed by atoms with Crippen LogP contribution in [0, 0.1) is 6.92 Å². The molecule has 2 aromatic heterocycles. The highest BCUT2D eigenvalue weighted by Crippen LogP contribution is 2.32. The SMILES string of the molecule is Cc1cn(C)c([C@H]2CCCN2Cc2ccnc(N3CCCC3)n2)n1. The maximum Gasteiger partial charge on any atom is 0.225 e. The van der Waals surface area contributed by atoms with Crippen molar-refractivity contribution in [2.45, 2.75) is 45.2 Å². The number of anilines is 1. The van der Waals surface area contributed by atoms with Gasteiger partial charge in [-0.25, -0.2) is 15.0 Å². The normalized spacial score (nSPS) is 21.8. The highest BCUT2D eigenvalue weighted by molar-refractivity contribution is 5.31. The van der Waals surface area contributed by atoms with Crippen LogP contribution in [-0.2, 0) is 13.6 Å². The molecular formula is C18H26N6. The number of aryl methyl sites for hydroxylation is 2. The van der Waals surface area contributed by atoms with Gasteiger partial charge in [-0.2, -0.15) is 0 Å². The Labute approximate surface area is 143 Å². The second-order valence-electron chi connectivity index (χ2n) is 7.02. The summed E-state index contributed by atoms with van der Waals surface area (Å²) in [5, 5.41) is 0. The Bertz CT molecular complexity index is 703. The van der Waals surface area contributed by atoms with E-state index in [4.69, 9.17) is 9.97 Å². The van der Waals surface area contributed by atoms with E-state index in [0.717, 1.165) is 43.5 Å². The minimum atomic E-state index is 0.397. The third-order valence-corrected chi connectivity index (χ3v) is 5.15. The van der Waals surface area contributed by atoms with Crippen molar-refractivity contribution in [3.05, 3.63) is 35.7 Å². The lowest BCUT2D eigenvalue weighted by molar-refractivity contribution is 0.233. The molecular weight excluding hydrogens is 300 g/mol. The molecule has 0 radical (unpaired) electrons. The molecule has 1 atom stereocenters. The summed E-state index contributed by atoms with van der Waals surface area (Å²) >= 11 is 0. The Kier molecular flexibility index (Phi) is 4.22. The lowest BCUT2D eigenvalue weighted by Crippen LogP contribution is -2.26. The third-order valence-electron chi connectivity index (χ3n) is 5.15. The standard InChI is InChI=1S/C18H26N6/c1-14-12-22(2)17(20-14)16-6-5-11-24(16)13-15-7-8-19-18(21-15)23-9-3-4-10-23/h7-8,12,16H,3-6,9-11,13H2,1-2H3/t16-/m1/s1. The number of rotatable bonds is 4. The summed E-state index contributed by atoms with van der Waals surface area (Å²) in [6.07, 6.45) is 8.92. The van der Waals surface area contributed by atoms with Crippen LogP contribution in [0.25, 0.3) is 0 Å². The second kappa shape index (κ2) is 6.51. The quantitative estimate of drug-likeness (QED) is 0.864. The first-order chi connectivity index (χ1) is 11.7. The van der Waals surface area contributed by atoms with Crippen LogP contribution in [0.5, 0.6) is 0 Å². The predicted molar refractivity (Wildman–Crippen MR) is 93.8 cm³/mol. The van der Waals surface area contributed by atoms with Gasteiger partial charge in [0.25, 0.3) is 0 Å². The van der Waals surface area contributed by atoms with Crippen molar-refractivity contribution in [2.24, 2.45) is 7.05 Å². The van der Waals surface area contributed by atoms with Gasteiger partial charge < -0.3 is 9.47 Å². The molecule has 2 aliphatic rings. The van der Waals surface area contributed by atoms with Gasteiger partial charge in [0.1, 0.15) is 5.82 Å². The summed E-state index contributed by atoms with van der Waals surface area (Å²) in [6, 6.07) is 2.45. The molecule has 0 saturated carbocycles. The zero-order valence-corrected chi connectivity index (χ0v) is 14.6. The van der Waals surface area contributed by atoms with E-state index < -0.39 is 0 Å². The average Bonchev–Trinajstić information content (AvgIpc) is 3.29. The smallest absolute Gasteiger partial charge is 0.225 e. The topological polar surface area (TPSA) is 50.1 Å². The zero-order valence-electron chi connectivity index (χ0n) is 14.6. The van der Waals surface area contributed by atoms with Gasteiger partial charge in [-0.3, -0.25) is 4.90 Å². The number of hydrogen-bond acceptors (Lipinski definition) is 5. The van der Waals surface area contributed by atoms with Crippen molar-refractivity contribution < 1.29 is 0 Å². The minimum absolute atomic E-state index is 0.397. The number of likely N-dealkylation sites (tertiary alicyclic amines) is 1. The van der Waals surface area contributed by atoms with Crippen molar-refractivity contribution in [2.75, 3.05) is 24.5 Å². The van der Waals surface area contributed by atoms with Crippen molar-refractivity contribution >= 4 is 5.95 Å². The van der Waals surface area contributed by atoms with Gasteiger partial charge in [0.2, 0.25) is 5.95 Å². The van der Waals surface area contributed by atoms with Crippen molar-refractivity contribution in [3.8, 4) is 0 Å². The van der Waals surface area contributed by atoms with Crippen LogP contribution in [-0.4, -0.2) is 44.1 Å². The van der Waals surface area contributed by atoms with Gasteiger partial charge in [-0.15, -0.1) is 0 Å². The van der Waals surface area contributed by atoms with E-state index in [1.54, 1.807) is 0 Å². The molecule has 2 aromatic rings. The van der Waals surface area contributed by atoms with Gasteiger partial charge >= 0.3 is 0 Å². The Morgan fingerprint density at radius 1 is 1.12 bits per heavy atom. The minimum Gasteiger partial charge on any atom is -0.341 e. The Balaban J connectivity index is 1.51. The third kappa shape index (κ3) is 3.02. The maximum atomic E-state index is 4.82. The van der Waals surface area contributed by atoms with Crippen molar-refractivity contribution in [3.63, 3.8) is 0 Å². The maximum absolute atomic E-state index is 4.82. The first kappa shape index (κ1) is 15.6. The molecule has 2 aliphatic heterocycles. The number of hydrogen-bond donors (Lipinski definition) is 0. The lowest BCUT2D eigenvalue weighted by atomic mass is 10.2. The monoisotopic (exact) mass is 326 g/mol. The molecule has 0 amide bonds. The molecule has 0 N–H and O–H groups in total. The van der Waals surface area contributed by atoms with E-state index in [1.807, 2.05) is 6.20 Å². The Morgan fingerprint density at radius 3 is 2.71 bits per heavy atom. The summed E-state index contributed by atoms with van der Waals surface area (Å²) < 4.78 is 2.17. The highest BCUT2D eigenvalue weighted by atomic mass is 15.3. The fraction of sp³-hybridized carbons (Fsp3) is 0.611. The molecule has 0 bridgehead atoms. The molecule has 4 heterocycles. The molecule has 4 rings (SSSR count). The molecule has 2 saturated heterocycles. The molecule has 6 heteroatoms. The van der Waals surface area contributed by atoms with Gasteiger partial charge in [0.15, 0.2) is 0 Å². The zero-order chi connectivity index (χ0) is 16.5. The fourth-order valence-corrected chi connectivity index (χ4v) is 4.00. The summed E-state index contributed by atoms with van der Waals surface area (Å²) in [4.78, 5) is 18.8. The summed E-state index contributed by atoms with van der Waals surface area (Å²) in [5.74, 6) is 2.08. The molecule has 0 aromatic carbocycles. The van der Waals surface area contributed by atoms with Crippen LogP contribution in [0.2, 0.25) is 0 Å². The summed E-state index contributed by atoms with van der Waals surface area (Å²) in [5.41, 5.74) is 2.21. The van der Waals surface area contributed by atoms with Crippen molar-refractivity contribution in [1.82, 2.24) is 24.4 Å². The number of aromatic nitrogens is 4. The van der Waals surface area contributed by atoms with Crippen LogP contribution < -0.4 is 4.90 Å². The molecule has 128 valence electrons. The lowest BCUT2D eigenvalue weighted by Gasteiger charge is -2.24. The van der Waals surface area contributed by atoms with Gasteiger partial charge in [0, 0.05) is 39.1 Å². The fourth-order valence-electron chi connectivity index (χ4n) is 4.00. The van der Waals surface area contributed by atoms with Gasteiger partial charge in [-0.1, -0.05) is 0 Å². The number of imidazole rings is 1. The van der Waals surface area contributed by atoms with Crippen molar-refractivity contribution in [1.29, 1.82) is 0 Å². The van der Waals surface area contributed by atoms with E-state index in [-0.39, 0.29) is 0 Å². The van der Waals surface area contributed by atoms with E-state index in [0.29, 0.717) is 6.04 Å². The van der Waals surface area contributed by atoms with E-state index in [1.165, 1.54) is 31.5 Å². The molecule has 0 unspecified atom stereocenters. The van der Waals surface area contributed by atoms with E-state index in [2.05, 4.69) is 45.6 Å². The van der Waals surface area contributed by atoms with Crippen LogP contribution in [0.3, 0.4) is 0 Å². The average molecular weight is 326 g/mol. The molecule has 0 aliphatic carbocycles. The van der Waals surface area contributed by atoms with Gasteiger partial charge in [0.05, 0.1) is 17.4 Å². The molecule has 2 fully saturated rings. The van der Waals surface area contributed by atoms with Crippen LogP contribution in [0.1, 0.15) is 48.9 Å². The van der Waals surface area contributed by atoms with Crippen LogP contribution >= 0.6 is 0 Å². The highest BCUT2D eigenvalue weighted by Gasteiger charge is 2.29. The van der Waals surface area contributed by atoms with E-state index >= 15 is 0 Å². The number of nitrogens with zero attached hydrogens (tertiary/aromatic N) is 6. The van der Waals surface area contributed by atoms with E-state index in [9.17, 15) is 0 Å². The molecule has 24 heavy (non-hydrogen) atoms. The summed E-state index contributed by atoms with van der Waals surface area (Å²) in [7, 11) is 2.10. The Hall–Kier alpha value is -1.95.